The van der Waals surface area contributed by atoms with Gasteiger partial charge in [0.05, 0.1) is 13.2 Å². The van der Waals surface area contributed by atoms with Crippen molar-refractivity contribution in [2.24, 2.45) is 0 Å². The van der Waals surface area contributed by atoms with Crippen LogP contribution in [0.2, 0.25) is 0 Å². The van der Waals surface area contributed by atoms with Gasteiger partial charge in [0.15, 0.2) is 7.29 Å². The maximum absolute atomic E-state index is 13.7. The quantitative estimate of drug-likeness (QED) is 0.489. The molecule has 1 aliphatic heterocycles. The molecule has 23 heavy (non-hydrogen) atoms. The van der Waals surface area contributed by atoms with E-state index >= 15 is 0 Å². The van der Waals surface area contributed by atoms with Gasteiger partial charge in [0.2, 0.25) is 0 Å². The standard InChI is InChI=1S/C16H25N2O4P/c1-2-22-14-7-9-15(10-8-14)23(21)12-6-4-3-5-11-18(23)13-16(19)17-20/h7-10,20H,2-6,11-13H2,1H3,(H,17,19). The molecule has 1 amide bonds. The van der Waals surface area contributed by atoms with Crippen LogP contribution in [0.25, 0.3) is 0 Å². The van der Waals surface area contributed by atoms with Crippen LogP contribution in [-0.4, -0.2) is 41.6 Å². The Morgan fingerprint density at radius 3 is 2.61 bits per heavy atom. The zero-order valence-electron chi connectivity index (χ0n) is 13.5. The minimum atomic E-state index is -2.85. The van der Waals surface area contributed by atoms with Gasteiger partial charge in [-0.15, -0.1) is 0 Å². The third-order valence-electron chi connectivity index (χ3n) is 4.09. The van der Waals surface area contributed by atoms with Crippen LogP contribution in [0.3, 0.4) is 0 Å². The number of hydrogen-bond donors (Lipinski definition) is 2. The van der Waals surface area contributed by atoms with E-state index in [0.717, 1.165) is 36.7 Å². The van der Waals surface area contributed by atoms with Crippen LogP contribution < -0.4 is 15.5 Å². The topological polar surface area (TPSA) is 78.9 Å². The van der Waals surface area contributed by atoms with Crippen molar-refractivity contribution in [2.75, 3.05) is 25.9 Å². The summed E-state index contributed by atoms with van der Waals surface area (Å²) in [6.45, 7) is 3.04. The number of amides is 1. The van der Waals surface area contributed by atoms with E-state index in [1.54, 1.807) is 10.2 Å². The molecule has 7 heteroatoms. The third-order valence-corrected chi connectivity index (χ3v) is 7.37. The van der Waals surface area contributed by atoms with Crippen LogP contribution >= 0.6 is 7.29 Å². The summed E-state index contributed by atoms with van der Waals surface area (Å²) in [7, 11) is -2.85. The molecule has 1 fully saturated rings. The van der Waals surface area contributed by atoms with E-state index in [1.807, 2.05) is 31.2 Å². The number of benzene rings is 1. The van der Waals surface area contributed by atoms with Crippen LogP contribution in [0.15, 0.2) is 24.3 Å². The molecule has 2 rings (SSSR count). The van der Waals surface area contributed by atoms with E-state index < -0.39 is 13.2 Å². The number of carbonyl (C=O) groups excluding carboxylic acids is 1. The lowest BCUT2D eigenvalue weighted by molar-refractivity contribution is -0.129. The smallest absolute Gasteiger partial charge is 0.257 e. The maximum Gasteiger partial charge on any atom is 0.257 e. The predicted octanol–water partition coefficient (Wildman–Crippen LogP) is 2.37. The number of nitrogens with one attached hydrogen (secondary N) is 1. The normalized spacial score (nSPS) is 22.9. The molecule has 2 N–H and O–H groups in total. The predicted molar refractivity (Wildman–Crippen MR) is 89.7 cm³/mol. The van der Waals surface area contributed by atoms with Crippen molar-refractivity contribution in [3.05, 3.63) is 24.3 Å². The molecule has 1 unspecified atom stereocenters. The molecule has 0 spiro atoms. The molecule has 1 aromatic carbocycles. The number of hydroxylamine groups is 1. The first-order valence-electron chi connectivity index (χ1n) is 8.11. The second-order valence-corrected chi connectivity index (χ2v) is 8.62. The summed E-state index contributed by atoms with van der Waals surface area (Å²) in [6, 6.07) is 7.30. The Kier molecular flexibility index (Phi) is 6.63. The van der Waals surface area contributed by atoms with Crippen molar-refractivity contribution in [2.45, 2.75) is 32.6 Å². The van der Waals surface area contributed by atoms with Gasteiger partial charge in [-0.2, -0.15) is 0 Å². The zero-order chi connectivity index (χ0) is 16.7. The molecule has 0 aromatic heterocycles. The van der Waals surface area contributed by atoms with Crippen molar-refractivity contribution in [1.29, 1.82) is 0 Å². The number of ether oxygens (including phenoxy) is 1. The van der Waals surface area contributed by atoms with Gasteiger partial charge in [-0.25, -0.2) is 10.2 Å². The fourth-order valence-electron chi connectivity index (χ4n) is 2.91. The summed E-state index contributed by atoms with van der Waals surface area (Å²) in [5, 5.41) is 9.54. The highest BCUT2D eigenvalue weighted by Crippen LogP contribution is 2.50. The molecule has 1 atom stereocenters. The minimum Gasteiger partial charge on any atom is -0.494 e. The minimum absolute atomic E-state index is 0.0546. The third kappa shape index (κ3) is 4.56. The fourth-order valence-corrected chi connectivity index (χ4v) is 5.86. The summed E-state index contributed by atoms with van der Waals surface area (Å²) in [5.41, 5.74) is 1.64. The Morgan fingerprint density at radius 2 is 1.96 bits per heavy atom. The average Bonchev–Trinajstić information content (AvgIpc) is 2.55. The summed E-state index contributed by atoms with van der Waals surface area (Å²) in [4.78, 5) is 11.6. The Labute approximate surface area is 137 Å². The molecule has 1 aliphatic rings. The molecule has 0 saturated carbocycles. The molecular formula is C16H25N2O4P. The SMILES string of the molecule is CCOc1ccc(P2(=O)CCCCCCN2CC(=O)NO)cc1. The molecular weight excluding hydrogens is 315 g/mol. The van der Waals surface area contributed by atoms with Gasteiger partial charge < -0.3 is 9.30 Å². The lowest BCUT2D eigenvalue weighted by Crippen LogP contribution is -2.38. The van der Waals surface area contributed by atoms with Crippen LogP contribution in [0.5, 0.6) is 5.75 Å². The van der Waals surface area contributed by atoms with Gasteiger partial charge >= 0.3 is 0 Å². The van der Waals surface area contributed by atoms with Crippen LogP contribution in [0.1, 0.15) is 32.6 Å². The van der Waals surface area contributed by atoms with Crippen LogP contribution in [-0.2, 0) is 9.36 Å². The number of rotatable bonds is 5. The highest BCUT2D eigenvalue weighted by atomic mass is 31.2. The Hall–Kier alpha value is -1.36. The summed E-state index contributed by atoms with van der Waals surface area (Å²) in [5.74, 6) is 0.214. The largest absolute Gasteiger partial charge is 0.494 e. The lowest BCUT2D eigenvalue weighted by atomic mass is 10.2. The van der Waals surface area contributed by atoms with Gasteiger partial charge in [-0.1, -0.05) is 12.8 Å². The Morgan fingerprint density at radius 1 is 1.26 bits per heavy atom. The lowest BCUT2D eigenvalue weighted by Gasteiger charge is -2.33. The Bertz CT molecular complexity index is 562. The first-order valence-corrected chi connectivity index (χ1v) is 9.95. The van der Waals surface area contributed by atoms with Crippen molar-refractivity contribution in [1.82, 2.24) is 10.2 Å². The molecule has 1 aromatic rings. The van der Waals surface area contributed by atoms with Crippen molar-refractivity contribution >= 4 is 18.5 Å². The van der Waals surface area contributed by atoms with Crippen molar-refractivity contribution in [3.63, 3.8) is 0 Å². The van der Waals surface area contributed by atoms with E-state index in [-0.39, 0.29) is 6.54 Å². The van der Waals surface area contributed by atoms with E-state index in [9.17, 15) is 9.36 Å². The van der Waals surface area contributed by atoms with E-state index in [4.69, 9.17) is 9.94 Å². The summed E-state index contributed by atoms with van der Waals surface area (Å²) in [6.07, 6.45) is 4.46. The van der Waals surface area contributed by atoms with E-state index in [1.165, 1.54) is 0 Å². The van der Waals surface area contributed by atoms with Gasteiger partial charge in [-0.3, -0.25) is 10.0 Å². The highest BCUT2D eigenvalue weighted by Gasteiger charge is 2.34. The van der Waals surface area contributed by atoms with Gasteiger partial charge in [0.25, 0.3) is 5.91 Å². The molecule has 1 heterocycles. The first kappa shape index (κ1) is 18.0. The maximum atomic E-state index is 13.7. The second kappa shape index (κ2) is 8.48. The Balaban J connectivity index is 2.29. The molecule has 0 radical (unpaired) electrons. The monoisotopic (exact) mass is 340 g/mol. The van der Waals surface area contributed by atoms with Crippen LogP contribution in [0, 0.1) is 0 Å². The zero-order valence-corrected chi connectivity index (χ0v) is 14.4. The van der Waals surface area contributed by atoms with Gasteiger partial charge in [0, 0.05) is 18.0 Å². The number of nitrogens with zero attached hydrogens (tertiary/aromatic N) is 1. The van der Waals surface area contributed by atoms with Gasteiger partial charge in [-0.05, 0) is 44.0 Å². The van der Waals surface area contributed by atoms with Gasteiger partial charge in [0.1, 0.15) is 5.75 Å². The molecule has 0 bridgehead atoms. The molecule has 6 nitrogen and oxygen atoms in total. The first-order chi connectivity index (χ1) is 11.1. The molecule has 128 valence electrons. The number of carbonyl (C=O) groups is 1. The van der Waals surface area contributed by atoms with Crippen molar-refractivity contribution in [3.8, 4) is 5.75 Å². The van der Waals surface area contributed by atoms with E-state index in [0.29, 0.717) is 19.3 Å². The second-order valence-electron chi connectivity index (χ2n) is 5.69. The van der Waals surface area contributed by atoms with Crippen LogP contribution in [0.4, 0.5) is 0 Å². The molecule has 0 aliphatic carbocycles. The summed E-state index contributed by atoms with van der Waals surface area (Å²) < 4.78 is 20.9. The molecule has 1 saturated heterocycles. The average molecular weight is 340 g/mol. The highest BCUT2D eigenvalue weighted by molar-refractivity contribution is 7.69. The fraction of sp³-hybridized carbons (Fsp3) is 0.562. The van der Waals surface area contributed by atoms with E-state index in [2.05, 4.69) is 0 Å². The van der Waals surface area contributed by atoms with Crippen molar-refractivity contribution < 1.29 is 19.3 Å². The number of hydrogen-bond acceptors (Lipinski definition) is 4. The summed E-state index contributed by atoms with van der Waals surface area (Å²) >= 11 is 0.